The van der Waals surface area contributed by atoms with E-state index in [0.717, 1.165) is 24.9 Å². The van der Waals surface area contributed by atoms with Crippen LogP contribution >= 0.6 is 11.8 Å². The number of rotatable bonds is 5. The van der Waals surface area contributed by atoms with Crippen molar-refractivity contribution in [2.45, 2.75) is 50.8 Å². The highest BCUT2D eigenvalue weighted by atomic mass is 32.2. The third-order valence-electron chi connectivity index (χ3n) is 2.91. The Balaban J connectivity index is 2.25. The molecule has 1 unspecified atom stereocenters. The standard InChI is InChI=1S/C12H26N2OS/c1-12(2,3)16-9-11(14-13)8-10-4-6-15-7-5-10/h10-11,14H,4-9,13H2,1-3H3. The highest BCUT2D eigenvalue weighted by molar-refractivity contribution is 8.00. The van der Waals surface area contributed by atoms with Crippen molar-refractivity contribution in [3.05, 3.63) is 0 Å². The first-order chi connectivity index (χ1) is 7.51. The second kappa shape index (κ2) is 6.84. The Kier molecular flexibility index (Phi) is 6.11. The Morgan fingerprint density at radius 1 is 1.38 bits per heavy atom. The minimum absolute atomic E-state index is 0.324. The monoisotopic (exact) mass is 246 g/mol. The average Bonchev–Trinajstić information content (AvgIpc) is 2.24. The van der Waals surface area contributed by atoms with Crippen molar-refractivity contribution in [1.29, 1.82) is 0 Å². The molecular weight excluding hydrogens is 220 g/mol. The zero-order valence-electron chi connectivity index (χ0n) is 10.8. The lowest BCUT2D eigenvalue weighted by Gasteiger charge is -2.28. The summed E-state index contributed by atoms with van der Waals surface area (Å²) in [5.41, 5.74) is 2.96. The zero-order chi connectivity index (χ0) is 12.0. The van der Waals surface area contributed by atoms with Crippen LogP contribution in [0.3, 0.4) is 0 Å². The van der Waals surface area contributed by atoms with Gasteiger partial charge in [-0.2, -0.15) is 11.8 Å². The van der Waals surface area contributed by atoms with E-state index in [2.05, 4.69) is 26.2 Å². The molecule has 1 saturated heterocycles. The van der Waals surface area contributed by atoms with E-state index in [1.165, 1.54) is 19.3 Å². The summed E-state index contributed by atoms with van der Waals surface area (Å²) in [6, 6.07) is 0.437. The third kappa shape index (κ3) is 6.09. The largest absolute Gasteiger partial charge is 0.381 e. The highest BCUT2D eigenvalue weighted by Gasteiger charge is 2.20. The van der Waals surface area contributed by atoms with Crippen molar-refractivity contribution in [2.24, 2.45) is 11.8 Å². The molecule has 0 bridgehead atoms. The van der Waals surface area contributed by atoms with Crippen molar-refractivity contribution in [1.82, 2.24) is 5.43 Å². The van der Waals surface area contributed by atoms with Crippen LogP contribution in [0.4, 0.5) is 0 Å². The van der Waals surface area contributed by atoms with Gasteiger partial charge in [-0.05, 0) is 25.2 Å². The van der Waals surface area contributed by atoms with E-state index in [-0.39, 0.29) is 0 Å². The van der Waals surface area contributed by atoms with E-state index in [9.17, 15) is 0 Å². The van der Waals surface area contributed by atoms with E-state index in [1.807, 2.05) is 11.8 Å². The van der Waals surface area contributed by atoms with Crippen LogP contribution in [0, 0.1) is 5.92 Å². The number of nitrogens with one attached hydrogen (secondary N) is 1. The van der Waals surface area contributed by atoms with Gasteiger partial charge >= 0.3 is 0 Å². The Morgan fingerprint density at radius 2 is 2.00 bits per heavy atom. The summed E-state index contributed by atoms with van der Waals surface area (Å²) < 4.78 is 5.70. The van der Waals surface area contributed by atoms with E-state index in [0.29, 0.717) is 10.8 Å². The number of hydrogen-bond donors (Lipinski definition) is 2. The zero-order valence-corrected chi connectivity index (χ0v) is 11.6. The first-order valence-corrected chi connectivity index (χ1v) is 7.17. The van der Waals surface area contributed by atoms with Gasteiger partial charge < -0.3 is 4.74 Å². The SMILES string of the molecule is CC(C)(C)SCC(CC1CCOCC1)NN. The maximum atomic E-state index is 5.62. The molecule has 0 aliphatic carbocycles. The Hall–Kier alpha value is 0.230. The van der Waals surface area contributed by atoms with Crippen LogP contribution < -0.4 is 11.3 Å². The molecule has 0 aromatic rings. The molecule has 0 aromatic carbocycles. The van der Waals surface area contributed by atoms with Gasteiger partial charge in [0.1, 0.15) is 0 Å². The molecule has 1 heterocycles. The van der Waals surface area contributed by atoms with Gasteiger partial charge in [0.05, 0.1) is 0 Å². The lowest BCUT2D eigenvalue weighted by Crippen LogP contribution is -2.40. The molecule has 1 rings (SSSR count). The van der Waals surface area contributed by atoms with E-state index >= 15 is 0 Å². The second-order valence-corrected chi connectivity index (χ2v) is 7.43. The van der Waals surface area contributed by atoms with Gasteiger partial charge in [-0.25, -0.2) is 0 Å². The van der Waals surface area contributed by atoms with Crippen LogP contribution in [-0.4, -0.2) is 29.8 Å². The summed E-state index contributed by atoms with van der Waals surface area (Å²) >= 11 is 1.98. The topological polar surface area (TPSA) is 47.3 Å². The van der Waals surface area contributed by atoms with Gasteiger partial charge in [0.15, 0.2) is 0 Å². The summed E-state index contributed by atoms with van der Waals surface area (Å²) in [4.78, 5) is 0. The molecule has 0 radical (unpaired) electrons. The molecule has 0 spiro atoms. The van der Waals surface area contributed by atoms with Crippen LogP contribution in [0.15, 0.2) is 0 Å². The fourth-order valence-corrected chi connectivity index (χ4v) is 2.85. The minimum Gasteiger partial charge on any atom is -0.381 e. The number of nitrogens with two attached hydrogens (primary N) is 1. The maximum Gasteiger partial charge on any atom is 0.0468 e. The molecule has 16 heavy (non-hydrogen) atoms. The van der Waals surface area contributed by atoms with Crippen molar-refractivity contribution in [2.75, 3.05) is 19.0 Å². The summed E-state index contributed by atoms with van der Waals surface area (Å²) in [6.07, 6.45) is 3.57. The fourth-order valence-electron chi connectivity index (χ4n) is 1.92. The fraction of sp³-hybridized carbons (Fsp3) is 1.00. The van der Waals surface area contributed by atoms with E-state index in [4.69, 9.17) is 10.6 Å². The molecule has 0 amide bonds. The molecular formula is C12H26N2OS. The van der Waals surface area contributed by atoms with Gasteiger partial charge in [-0.15, -0.1) is 0 Å². The van der Waals surface area contributed by atoms with E-state index < -0.39 is 0 Å². The first-order valence-electron chi connectivity index (χ1n) is 6.19. The molecule has 0 saturated carbocycles. The lowest BCUT2D eigenvalue weighted by molar-refractivity contribution is 0.0613. The number of thioether (sulfide) groups is 1. The summed E-state index contributed by atoms with van der Waals surface area (Å²) in [7, 11) is 0. The molecule has 0 aromatic heterocycles. The van der Waals surface area contributed by atoms with E-state index in [1.54, 1.807) is 0 Å². The summed E-state index contributed by atoms with van der Waals surface area (Å²) in [5, 5.41) is 0. The van der Waals surface area contributed by atoms with Gasteiger partial charge in [0, 0.05) is 29.8 Å². The van der Waals surface area contributed by atoms with Gasteiger partial charge in [-0.3, -0.25) is 11.3 Å². The summed E-state index contributed by atoms with van der Waals surface area (Å²) in [6.45, 7) is 8.60. The van der Waals surface area contributed by atoms with Crippen LogP contribution in [0.2, 0.25) is 0 Å². The van der Waals surface area contributed by atoms with Gasteiger partial charge in [0.2, 0.25) is 0 Å². The summed E-state index contributed by atoms with van der Waals surface area (Å²) in [5.74, 6) is 7.51. The minimum atomic E-state index is 0.324. The number of ether oxygens (including phenoxy) is 1. The second-order valence-electron chi connectivity index (χ2n) is 5.58. The van der Waals surface area contributed by atoms with Crippen molar-refractivity contribution < 1.29 is 4.74 Å². The van der Waals surface area contributed by atoms with Crippen molar-refractivity contribution >= 4 is 11.8 Å². The molecule has 1 atom stereocenters. The van der Waals surface area contributed by atoms with Crippen molar-refractivity contribution in [3.63, 3.8) is 0 Å². The van der Waals surface area contributed by atoms with Crippen LogP contribution in [0.1, 0.15) is 40.0 Å². The first kappa shape index (κ1) is 14.3. The smallest absolute Gasteiger partial charge is 0.0468 e. The van der Waals surface area contributed by atoms with Gasteiger partial charge in [0.25, 0.3) is 0 Å². The Morgan fingerprint density at radius 3 is 2.50 bits per heavy atom. The quantitative estimate of drug-likeness (QED) is 0.576. The third-order valence-corrected chi connectivity index (χ3v) is 4.35. The predicted octanol–water partition coefficient (Wildman–Crippen LogP) is 2.17. The van der Waals surface area contributed by atoms with Crippen LogP contribution in [-0.2, 0) is 4.74 Å². The average molecular weight is 246 g/mol. The van der Waals surface area contributed by atoms with Crippen molar-refractivity contribution in [3.8, 4) is 0 Å². The molecule has 1 fully saturated rings. The number of hydrazine groups is 1. The molecule has 1 aliphatic heterocycles. The Bertz CT molecular complexity index is 188. The molecule has 3 nitrogen and oxygen atoms in total. The molecule has 4 heteroatoms. The Labute approximate surface area is 104 Å². The highest BCUT2D eigenvalue weighted by Crippen LogP contribution is 2.27. The maximum absolute atomic E-state index is 5.62. The normalized spacial score (nSPS) is 21.0. The number of hydrogen-bond acceptors (Lipinski definition) is 4. The van der Waals surface area contributed by atoms with Gasteiger partial charge in [-0.1, -0.05) is 20.8 Å². The van der Waals surface area contributed by atoms with Crippen LogP contribution in [0.5, 0.6) is 0 Å². The predicted molar refractivity (Wildman–Crippen MR) is 71.5 cm³/mol. The molecule has 3 N–H and O–H groups in total. The molecule has 96 valence electrons. The van der Waals surface area contributed by atoms with Crippen LogP contribution in [0.25, 0.3) is 0 Å². The molecule has 1 aliphatic rings. The lowest BCUT2D eigenvalue weighted by atomic mass is 9.93.